The van der Waals surface area contributed by atoms with Crippen molar-refractivity contribution in [1.29, 1.82) is 0 Å². The fourth-order valence-corrected chi connectivity index (χ4v) is 7.24. The van der Waals surface area contributed by atoms with Crippen LogP contribution in [0.15, 0.2) is 60.7 Å². The van der Waals surface area contributed by atoms with Crippen molar-refractivity contribution < 1.29 is 4.57 Å². The first kappa shape index (κ1) is 16.1. The maximum atomic E-state index is 14.2. The van der Waals surface area contributed by atoms with Gasteiger partial charge in [0.15, 0.2) is 0 Å². The summed E-state index contributed by atoms with van der Waals surface area (Å²) >= 11 is 0. The second-order valence-electron chi connectivity index (χ2n) is 7.26. The van der Waals surface area contributed by atoms with E-state index < -0.39 is 7.29 Å². The minimum absolute atomic E-state index is 0.499. The fraction of sp³-hybridized carbons (Fsp3) is 0.429. The van der Waals surface area contributed by atoms with Crippen LogP contribution in [0.2, 0.25) is 0 Å². The van der Waals surface area contributed by atoms with E-state index >= 15 is 0 Å². The molecule has 0 aromatic heterocycles. The third kappa shape index (κ3) is 3.10. The molecule has 0 N–H and O–H groups in total. The summed E-state index contributed by atoms with van der Waals surface area (Å²) in [7, 11) is -2.68. The smallest absolute Gasteiger partial charge is 0.207 e. The molecule has 3 heteroatoms. The van der Waals surface area contributed by atoms with Gasteiger partial charge in [0.25, 0.3) is 0 Å². The molecule has 1 unspecified atom stereocenters. The molecule has 1 aliphatic carbocycles. The lowest BCUT2D eigenvalue weighted by atomic mass is 9.86. The maximum Gasteiger partial charge on any atom is 0.207 e. The number of rotatable bonds is 5. The average molecular weight is 339 g/mol. The van der Waals surface area contributed by atoms with Gasteiger partial charge >= 0.3 is 0 Å². The summed E-state index contributed by atoms with van der Waals surface area (Å²) in [6, 6.07) is 20.6. The number of hydrogen-bond donors (Lipinski definition) is 0. The molecule has 2 aromatic carbocycles. The number of hydrogen-bond acceptors (Lipinski definition) is 1. The molecule has 1 saturated heterocycles. The van der Waals surface area contributed by atoms with Crippen LogP contribution in [0.5, 0.6) is 0 Å². The van der Waals surface area contributed by atoms with Gasteiger partial charge in [-0.05, 0) is 36.6 Å². The van der Waals surface area contributed by atoms with Crippen molar-refractivity contribution in [2.45, 2.75) is 44.6 Å². The second kappa shape index (κ2) is 6.86. The first-order chi connectivity index (χ1) is 11.8. The van der Waals surface area contributed by atoms with E-state index in [9.17, 15) is 4.57 Å². The summed E-state index contributed by atoms with van der Waals surface area (Å²) in [6.45, 7) is 0.984. The topological polar surface area (TPSA) is 20.1 Å². The lowest BCUT2D eigenvalue weighted by Gasteiger charge is -2.24. The van der Waals surface area contributed by atoms with Crippen molar-refractivity contribution in [2.75, 3.05) is 6.54 Å². The van der Waals surface area contributed by atoms with Crippen molar-refractivity contribution in [3.05, 3.63) is 60.7 Å². The van der Waals surface area contributed by atoms with Crippen molar-refractivity contribution in [2.24, 2.45) is 5.92 Å². The molecule has 0 spiro atoms. The predicted molar refractivity (Wildman–Crippen MR) is 101 cm³/mol. The Kier molecular flexibility index (Phi) is 4.61. The van der Waals surface area contributed by atoms with Crippen LogP contribution in [0, 0.1) is 5.92 Å². The molecule has 2 aromatic rings. The van der Waals surface area contributed by atoms with Crippen LogP contribution in [-0.2, 0) is 4.57 Å². The van der Waals surface area contributed by atoms with Gasteiger partial charge in [-0.3, -0.25) is 4.57 Å². The molecule has 0 bridgehead atoms. The lowest BCUT2D eigenvalue weighted by molar-refractivity contribution is 0.332. The maximum absolute atomic E-state index is 14.2. The van der Waals surface area contributed by atoms with Crippen LogP contribution >= 0.6 is 7.29 Å². The molecule has 24 heavy (non-hydrogen) atoms. The van der Waals surface area contributed by atoms with Gasteiger partial charge in [0.05, 0.1) is 0 Å². The van der Waals surface area contributed by atoms with Crippen LogP contribution in [0.25, 0.3) is 0 Å². The Balaban J connectivity index is 1.60. The Labute approximate surface area is 145 Å². The standard InChI is InChI=1S/C21H26NOP/c23-24(20-12-6-2-7-13-20,21-14-8-3-9-15-21)22-17-19(22)16-18-10-4-1-5-11-18/h2-3,6-9,12-15,18-19H,1,4-5,10-11,16-17H2/t19-,22?/m1/s1. The van der Waals surface area contributed by atoms with Crippen molar-refractivity contribution in [3.63, 3.8) is 0 Å². The molecule has 0 amide bonds. The molecule has 2 atom stereocenters. The summed E-state index contributed by atoms with van der Waals surface area (Å²) in [5.41, 5.74) is 0. The van der Waals surface area contributed by atoms with Gasteiger partial charge in [-0.15, -0.1) is 0 Å². The van der Waals surface area contributed by atoms with Gasteiger partial charge in [0.2, 0.25) is 7.29 Å². The minimum atomic E-state index is -2.68. The summed E-state index contributed by atoms with van der Waals surface area (Å²) in [5.74, 6) is 0.841. The third-order valence-electron chi connectivity index (χ3n) is 5.59. The molecule has 1 heterocycles. The van der Waals surface area contributed by atoms with Crippen LogP contribution < -0.4 is 10.6 Å². The van der Waals surface area contributed by atoms with Crippen LogP contribution in [-0.4, -0.2) is 17.3 Å². The average Bonchev–Trinajstić information content (AvgIpc) is 3.43. The molecule has 4 rings (SSSR count). The molecule has 2 nitrogen and oxygen atoms in total. The van der Waals surface area contributed by atoms with Crippen molar-refractivity contribution >= 4 is 17.9 Å². The molecular formula is C21H26NOP. The SMILES string of the molecule is O=P(c1ccccc1)(c1ccccc1)N1C[C@H]1CC1CCCCC1. The number of benzene rings is 2. The highest BCUT2D eigenvalue weighted by Gasteiger charge is 2.49. The van der Waals surface area contributed by atoms with E-state index in [1.807, 2.05) is 60.7 Å². The lowest BCUT2D eigenvalue weighted by Crippen LogP contribution is -2.23. The van der Waals surface area contributed by atoms with Gasteiger partial charge in [-0.1, -0.05) is 68.5 Å². The molecule has 2 aliphatic rings. The summed E-state index contributed by atoms with van der Waals surface area (Å²) in [5, 5.41) is 1.95. The molecule has 2 fully saturated rings. The Morgan fingerprint density at radius 2 is 1.38 bits per heavy atom. The minimum Gasteiger partial charge on any atom is -0.296 e. The van der Waals surface area contributed by atoms with Crippen LogP contribution in [0.3, 0.4) is 0 Å². The van der Waals surface area contributed by atoms with E-state index in [0.717, 1.165) is 23.1 Å². The van der Waals surface area contributed by atoms with E-state index in [0.29, 0.717) is 6.04 Å². The molecule has 126 valence electrons. The zero-order valence-corrected chi connectivity index (χ0v) is 15.1. The summed E-state index contributed by atoms with van der Waals surface area (Å²) in [6.07, 6.45) is 8.12. The summed E-state index contributed by atoms with van der Waals surface area (Å²) in [4.78, 5) is 0. The van der Waals surface area contributed by atoms with Gasteiger partial charge in [-0.2, -0.15) is 0 Å². The highest BCUT2D eigenvalue weighted by molar-refractivity contribution is 7.76. The Bertz CT molecular complexity index is 666. The van der Waals surface area contributed by atoms with Gasteiger partial charge in [-0.25, -0.2) is 4.67 Å². The highest BCUT2D eigenvalue weighted by Crippen LogP contribution is 2.56. The molecule has 1 saturated carbocycles. The fourth-order valence-electron chi connectivity index (χ4n) is 4.22. The first-order valence-corrected chi connectivity index (χ1v) is 10.9. The quantitative estimate of drug-likeness (QED) is 0.587. The molecule has 1 aliphatic heterocycles. The zero-order chi connectivity index (χ0) is 16.4. The Morgan fingerprint density at radius 1 is 0.833 bits per heavy atom. The van der Waals surface area contributed by atoms with E-state index in [-0.39, 0.29) is 0 Å². The third-order valence-corrected chi connectivity index (χ3v) is 8.80. The van der Waals surface area contributed by atoms with E-state index in [1.54, 1.807) is 0 Å². The zero-order valence-electron chi connectivity index (χ0n) is 14.2. The predicted octanol–water partition coefficient (Wildman–Crippen LogP) is 4.57. The van der Waals surface area contributed by atoms with E-state index in [1.165, 1.54) is 38.5 Å². The monoisotopic (exact) mass is 339 g/mol. The van der Waals surface area contributed by atoms with Crippen molar-refractivity contribution in [1.82, 2.24) is 4.67 Å². The molecule has 0 radical (unpaired) electrons. The second-order valence-corrected chi connectivity index (χ2v) is 9.96. The van der Waals surface area contributed by atoms with Gasteiger partial charge in [0.1, 0.15) is 0 Å². The summed E-state index contributed by atoms with van der Waals surface area (Å²) < 4.78 is 16.4. The van der Waals surface area contributed by atoms with Crippen LogP contribution in [0.4, 0.5) is 0 Å². The van der Waals surface area contributed by atoms with Crippen LogP contribution in [0.1, 0.15) is 38.5 Å². The van der Waals surface area contributed by atoms with Crippen molar-refractivity contribution in [3.8, 4) is 0 Å². The van der Waals surface area contributed by atoms with Gasteiger partial charge in [0, 0.05) is 23.2 Å². The van der Waals surface area contributed by atoms with E-state index in [2.05, 4.69) is 4.67 Å². The Morgan fingerprint density at radius 3 is 1.92 bits per heavy atom. The number of nitrogens with zero attached hydrogens (tertiary/aromatic N) is 1. The Hall–Kier alpha value is -1.37. The first-order valence-electron chi connectivity index (χ1n) is 9.27. The van der Waals surface area contributed by atoms with E-state index in [4.69, 9.17) is 0 Å². The van der Waals surface area contributed by atoms with Gasteiger partial charge < -0.3 is 0 Å². The normalized spacial score (nSPS) is 24.7. The molecular weight excluding hydrogens is 313 g/mol. The highest BCUT2D eigenvalue weighted by atomic mass is 31.2. The largest absolute Gasteiger partial charge is 0.296 e.